The van der Waals surface area contributed by atoms with Crippen molar-refractivity contribution in [2.24, 2.45) is 11.7 Å². The average Bonchev–Trinajstić information content (AvgIpc) is 2.86. The monoisotopic (exact) mass is 325 g/mol. The highest BCUT2D eigenvalue weighted by Gasteiger charge is 2.17. The molecule has 19 heavy (non-hydrogen) atoms. The summed E-state index contributed by atoms with van der Waals surface area (Å²) in [6, 6.07) is 4.46. The van der Waals surface area contributed by atoms with Crippen molar-refractivity contribution >= 4 is 15.9 Å². The summed E-state index contributed by atoms with van der Waals surface area (Å²) in [5.41, 5.74) is 7.84. The topological polar surface area (TPSA) is 54.7 Å². The van der Waals surface area contributed by atoms with Crippen LogP contribution in [0.2, 0.25) is 0 Å². The molecular formula is C14H17BrFN3. The fraction of sp³-hybridized carbons (Fsp3) is 0.357. The summed E-state index contributed by atoms with van der Waals surface area (Å²) in [6.07, 6.45) is 2.73. The van der Waals surface area contributed by atoms with E-state index in [1.54, 1.807) is 12.3 Å². The van der Waals surface area contributed by atoms with Gasteiger partial charge in [-0.3, -0.25) is 0 Å². The third-order valence-electron chi connectivity index (χ3n) is 3.39. The second-order valence-electron chi connectivity index (χ2n) is 4.72. The molecule has 5 heteroatoms. The van der Waals surface area contributed by atoms with Crippen LogP contribution >= 0.6 is 15.9 Å². The molecule has 2 atom stereocenters. The zero-order valence-electron chi connectivity index (χ0n) is 11.0. The lowest BCUT2D eigenvalue weighted by Crippen LogP contribution is -2.19. The van der Waals surface area contributed by atoms with E-state index in [9.17, 15) is 4.39 Å². The van der Waals surface area contributed by atoms with Crippen molar-refractivity contribution in [3.05, 3.63) is 40.5 Å². The lowest BCUT2D eigenvalue weighted by atomic mass is 10.00. The highest BCUT2D eigenvalue weighted by molar-refractivity contribution is 9.10. The molecule has 0 bridgehead atoms. The number of hydrogen-bond acceptors (Lipinski definition) is 2. The molecule has 1 aromatic carbocycles. The first-order valence-corrected chi connectivity index (χ1v) is 7.08. The van der Waals surface area contributed by atoms with Crippen molar-refractivity contribution in [3.63, 3.8) is 0 Å². The number of halogens is 2. The van der Waals surface area contributed by atoms with Gasteiger partial charge in [-0.05, 0) is 40.0 Å². The summed E-state index contributed by atoms with van der Waals surface area (Å²) in [4.78, 5) is 7.55. The van der Waals surface area contributed by atoms with Crippen molar-refractivity contribution in [2.45, 2.75) is 26.3 Å². The summed E-state index contributed by atoms with van der Waals surface area (Å²) in [5.74, 6) is 0.850. The SMILES string of the molecule is CCC(C)C(N)c1ncc(-c2ccc(F)cc2Br)[nH]1. The minimum atomic E-state index is -0.272. The minimum Gasteiger partial charge on any atom is -0.341 e. The maximum atomic E-state index is 13.1. The van der Waals surface area contributed by atoms with Gasteiger partial charge in [-0.25, -0.2) is 9.37 Å². The van der Waals surface area contributed by atoms with Gasteiger partial charge in [-0.1, -0.05) is 20.3 Å². The van der Waals surface area contributed by atoms with Gasteiger partial charge in [0.2, 0.25) is 0 Å². The van der Waals surface area contributed by atoms with Crippen LogP contribution in [0, 0.1) is 11.7 Å². The maximum absolute atomic E-state index is 13.1. The third kappa shape index (κ3) is 3.04. The predicted molar refractivity (Wildman–Crippen MR) is 78.1 cm³/mol. The second kappa shape index (κ2) is 5.84. The molecule has 0 aliphatic rings. The number of nitrogens with one attached hydrogen (secondary N) is 1. The third-order valence-corrected chi connectivity index (χ3v) is 4.05. The van der Waals surface area contributed by atoms with Crippen molar-refractivity contribution in [3.8, 4) is 11.3 Å². The van der Waals surface area contributed by atoms with Crippen molar-refractivity contribution in [1.29, 1.82) is 0 Å². The molecule has 0 saturated heterocycles. The Morgan fingerprint density at radius 3 is 2.84 bits per heavy atom. The molecule has 1 aromatic heterocycles. The number of hydrogen-bond donors (Lipinski definition) is 2. The quantitative estimate of drug-likeness (QED) is 0.891. The number of aromatic amines is 1. The van der Waals surface area contributed by atoms with E-state index in [1.807, 2.05) is 0 Å². The van der Waals surface area contributed by atoms with Crippen molar-refractivity contribution in [1.82, 2.24) is 9.97 Å². The molecule has 0 aliphatic carbocycles. The van der Waals surface area contributed by atoms with Gasteiger partial charge < -0.3 is 10.7 Å². The largest absolute Gasteiger partial charge is 0.341 e. The summed E-state index contributed by atoms with van der Waals surface area (Å²) < 4.78 is 13.8. The van der Waals surface area contributed by atoms with Crippen LogP contribution in [-0.2, 0) is 0 Å². The van der Waals surface area contributed by atoms with Gasteiger partial charge in [0.1, 0.15) is 11.6 Å². The van der Waals surface area contributed by atoms with Gasteiger partial charge in [0.15, 0.2) is 0 Å². The molecule has 2 unspecified atom stereocenters. The lowest BCUT2D eigenvalue weighted by Gasteiger charge is -2.15. The van der Waals surface area contributed by atoms with E-state index in [0.29, 0.717) is 10.4 Å². The van der Waals surface area contributed by atoms with Gasteiger partial charge in [-0.15, -0.1) is 0 Å². The van der Waals surface area contributed by atoms with Crippen LogP contribution in [0.1, 0.15) is 32.1 Å². The number of rotatable bonds is 4. The zero-order chi connectivity index (χ0) is 14.0. The molecule has 0 spiro atoms. The van der Waals surface area contributed by atoms with Crippen LogP contribution < -0.4 is 5.73 Å². The predicted octanol–water partition coefficient (Wildman–Crippen LogP) is 4.02. The normalized spacial score (nSPS) is 14.4. The Morgan fingerprint density at radius 2 is 2.21 bits per heavy atom. The Balaban J connectivity index is 2.30. The molecule has 0 fully saturated rings. The molecule has 0 aliphatic heterocycles. The molecule has 0 radical (unpaired) electrons. The molecule has 0 amide bonds. The Kier molecular flexibility index (Phi) is 4.37. The molecule has 2 rings (SSSR count). The average molecular weight is 326 g/mol. The fourth-order valence-corrected chi connectivity index (χ4v) is 2.44. The molecule has 2 aromatic rings. The highest BCUT2D eigenvalue weighted by atomic mass is 79.9. The summed E-state index contributed by atoms with van der Waals surface area (Å²) in [6.45, 7) is 4.20. The molecule has 3 N–H and O–H groups in total. The Hall–Kier alpha value is -1.20. The number of H-pyrrole nitrogens is 1. The Bertz CT molecular complexity index is 568. The summed E-state index contributed by atoms with van der Waals surface area (Å²) in [5, 5.41) is 0. The van der Waals surface area contributed by atoms with Crippen LogP contribution in [-0.4, -0.2) is 9.97 Å². The number of aromatic nitrogens is 2. The van der Waals surface area contributed by atoms with Crippen LogP contribution in [0.25, 0.3) is 11.3 Å². The molecule has 3 nitrogen and oxygen atoms in total. The minimum absolute atomic E-state index is 0.113. The highest BCUT2D eigenvalue weighted by Crippen LogP contribution is 2.29. The van der Waals surface area contributed by atoms with Crippen LogP contribution in [0.3, 0.4) is 0 Å². The molecule has 102 valence electrons. The van der Waals surface area contributed by atoms with Crippen LogP contribution in [0.4, 0.5) is 4.39 Å². The Labute approximate surface area is 120 Å². The Morgan fingerprint density at radius 1 is 1.47 bits per heavy atom. The first-order chi connectivity index (χ1) is 9.02. The summed E-state index contributed by atoms with van der Waals surface area (Å²) in [7, 11) is 0. The molecule has 1 heterocycles. The molecule has 0 saturated carbocycles. The number of nitrogens with zero attached hydrogens (tertiary/aromatic N) is 1. The number of imidazole rings is 1. The van der Waals surface area contributed by atoms with E-state index in [2.05, 4.69) is 39.7 Å². The van der Waals surface area contributed by atoms with Gasteiger partial charge in [0.25, 0.3) is 0 Å². The number of benzene rings is 1. The van der Waals surface area contributed by atoms with E-state index in [4.69, 9.17) is 5.73 Å². The van der Waals surface area contributed by atoms with Gasteiger partial charge in [-0.2, -0.15) is 0 Å². The van der Waals surface area contributed by atoms with Gasteiger partial charge in [0.05, 0.1) is 17.9 Å². The standard InChI is InChI=1S/C14H17BrFN3/c1-3-8(2)13(17)14-18-7-12(19-14)10-5-4-9(16)6-11(10)15/h4-8,13H,3,17H2,1-2H3,(H,18,19). The van der Waals surface area contributed by atoms with Crippen molar-refractivity contribution in [2.75, 3.05) is 0 Å². The van der Waals surface area contributed by atoms with E-state index in [1.165, 1.54) is 12.1 Å². The van der Waals surface area contributed by atoms with Gasteiger partial charge in [0, 0.05) is 10.0 Å². The fourth-order valence-electron chi connectivity index (χ4n) is 1.87. The van der Waals surface area contributed by atoms with Crippen LogP contribution in [0.5, 0.6) is 0 Å². The first-order valence-electron chi connectivity index (χ1n) is 6.28. The lowest BCUT2D eigenvalue weighted by molar-refractivity contribution is 0.441. The first kappa shape index (κ1) is 14.2. The van der Waals surface area contributed by atoms with E-state index in [-0.39, 0.29) is 11.9 Å². The maximum Gasteiger partial charge on any atom is 0.124 e. The number of nitrogens with two attached hydrogens (primary N) is 1. The zero-order valence-corrected chi connectivity index (χ0v) is 12.5. The van der Waals surface area contributed by atoms with E-state index in [0.717, 1.165) is 23.5 Å². The smallest absolute Gasteiger partial charge is 0.124 e. The van der Waals surface area contributed by atoms with E-state index >= 15 is 0 Å². The van der Waals surface area contributed by atoms with Crippen molar-refractivity contribution < 1.29 is 4.39 Å². The molecular weight excluding hydrogens is 309 g/mol. The van der Waals surface area contributed by atoms with E-state index < -0.39 is 0 Å². The summed E-state index contributed by atoms with van der Waals surface area (Å²) >= 11 is 3.35. The van der Waals surface area contributed by atoms with Crippen LogP contribution in [0.15, 0.2) is 28.9 Å². The second-order valence-corrected chi connectivity index (χ2v) is 5.57. The van der Waals surface area contributed by atoms with Gasteiger partial charge >= 0.3 is 0 Å².